The Balaban J connectivity index is 1.69. The van der Waals surface area contributed by atoms with Crippen LogP contribution >= 0.6 is 0 Å². The summed E-state index contributed by atoms with van der Waals surface area (Å²) in [5.74, 6) is -2.45. The second kappa shape index (κ2) is 8.47. The molecule has 4 N–H and O–H groups in total. The molecule has 2 heterocycles. The molecule has 2 aromatic rings. The van der Waals surface area contributed by atoms with Crippen molar-refractivity contribution in [2.45, 2.75) is 50.9 Å². The molecule has 1 aliphatic heterocycles. The molecule has 0 spiro atoms. The lowest BCUT2D eigenvalue weighted by Gasteiger charge is -2.62. The van der Waals surface area contributed by atoms with Crippen LogP contribution < -0.4 is 5.32 Å². The number of carbonyl (C=O) groups excluding carboxylic acids is 1. The van der Waals surface area contributed by atoms with Gasteiger partial charge in [-0.3, -0.25) is 10.8 Å². The number of halogens is 4. The standard InChI is InChI=1S/C22H22F4N6O3/c1-10-3-12-7-21(6-10,19(28)35-11(2)27)32(12)20(34)31-17-4-14(18-29-8-13(33)9-30-18)15(5-16(17)23)22(24,25)26/h4-5,8-10,12,27-28,33H,3,6-7H2,1-2H3,(H,31,34)/t10-,12-,21+/m0/s1. The van der Waals surface area contributed by atoms with E-state index in [2.05, 4.69) is 15.3 Å². The number of piperidine rings is 1. The third-order valence-electron chi connectivity index (χ3n) is 6.19. The highest BCUT2D eigenvalue weighted by atomic mass is 19.4. The van der Waals surface area contributed by atoms with Gasteiger partial charge in [-0.25, -0.2) is 19.2 Å². The van der Waals surface area contributed by atoms with Crippen LogP contribution in [-0.2, 0) is 10.9 Å². The number of hydrogen-bond donors (Lipinski definition) is 4. The summed E-state index contributed by atoms with van der Waals surface area (Å²) >= 11 is 0. The number of anilines is 1. The minimum atomic E-state index is -4.94. The summed E-state index contributed by atoms with van der Waals surface area (Å²) in [5, 5.41) is 27.5. The molecule has 1 aromatic heterocycles. The summed E-state index contributed by atoms with van der Waals surface area (Å²) in [6, 6.07) is -0.0392. The SMILES string of the molecule is CC(=N)OC(=N)[C@@]12C[C@@H](C)C[C@@H](C1)N2C(=O)Nc1cc(-c2ncc(O)cn2)c(C(F)(F)F)cc1F. The molecule has 3 atom stereocenters. The number of fused-ring (bicyclic) bond motifs is 2. The van der Waals surface area contributed by atoms with Gasteiger partial charge in [0.25, 0.3) is 0 Å². The fourth-order valence-corrected chi connectivity index (χ4v) is 4.94. The van der Waals surface area contributed by atoms with Crippen LogP contribution in [0.15, 0.2) is 24.5 Å². The third-order valence-corrected chi connectivity index (χ3v) is 6.19. The van der Waals surface area contributed by atoms with Crippen molar-refractivity contribution in [3.05, 3.63) is 35.9 Å². The van der Waals surface area contributed by atoms with Gasteiger partial charge in [0.1, 0.15) is 11.4 Å². The largest absolute Gasteiger partial charge is 0.505 e. The Morgan fingerprint density at radius 2 is 1.91 bits per heavy atom. The maximum Gasteiger partial charge on any atom is 0.417 e. The van der Waals surface area contributed by atoms with Crippen LogP contribution in [0.3, 0.4) is 0 Å². The summed E-state index contributed by atoms with van der Waals surface area (Å²) in [5.41, 5.74) is -3.59. The molecule has 13 heteroatoms. The molecule has 9 nitrogen and oxygen atoms in total. The molecule has 0 radical (unpaired) electrons. The smallest absolute Gasteiger partial charge is 0.417 e. The van der Waals surface area contributed by atoms with Gasteiger partial charge in [-0.2, -0.15) is 13.2 Å². The monoisotopic (exact) mass is 494 g/mol. The van der Waals surface area contributed by atoms with Crippen molar-refractivity contribution in [2.75, 3.05) is 5.32 Å². The first kappa shape index (κ1) is 24.4. The number of carbonyl (C=O) groups is 1. The highest BCUT2D eigenvalue weighted by Crippen LogP contribution is 2.51. The average Bonchev–Trinajstić information content (AvgIpc) is 2.73. The number of benzene rings is 1. The number of nitrogens with one attached hydrogen (secondary N) is 3. The minimum Gasteiger partial charge on any atom is -0.505 e. The van der Waals surface area contributed by atoms with Crippen molar-refractivity contribution in [2.24, 2.45) is 5.92 Å². The topological polar surface area (TPSA) is 135 Å². The zero-order chi connectivity index (χ0) is 25.7. The van der Waals surface area contributed by atoms with Crippen molar-refractivity contribution >= 4 is 23.5 Å². The van der Waals surface area contributed by atoms with E-state index in [1.807, 2.05) is 6.92 Å². The van der Waals surface area contributed by atoms with Crippen molar-refractivity contribution in [1.29, 1.82) is 10.8 Å². The number of nitrogens with zero attached hydrogens (tertiary/aromatic N) is 3. The Kier molecular flexibility index (Phi) is 5.89. The van der Waals surface area contributed by atoms with E-state index < -0.39 is 46.2 Å². The van der Waals surface area contributed by atoms with Gasteiger partial charge in [0.2, 0.25) is 5.90 Å². The Hall–Kier alpha value is -3.77. The third kappa shape index (κ3) is 4.37. The van der Waals surface area contributed by atoms with E-state index in [1.165, 1.54) is 11.8 Å². The van der Waals surface area contributed by atoms with Crippen molar-refractivity contribution < 1.29 is 32.2 Å². The molecule has 1 aromatic carbocycles. The van der Waals surface area contributed by atoms with E-state index in [9.17, 15) is 27.5 Å². The quantitative estimate of drug-likeness (QED) is 0.277. The van der Waals surface area contributed by atoms with Crippen LogP contribution in [0.25, 0.3) is 11.4 Å². The van der Waals surface area contributed by atoms with Gasteiger partial charge in [0.15, 0.2) is 17.5 Å². The van der Waals surface area contributed by atoms with E-state index in [0.29, 0.717) is 19.3 Å². The Labute approximate surface area is 197 Å². The van der Waals surface area contributed by atoms with E-state index in [1.54, 1.807) is 0 Å². The molecular weight excluding hydrogens is 472 g/mol. The molecular formula is C22H22F4N6O3. The normalized spacial score (nSPS) is 23.3. The molecule has 1 saturated heterocycles. The summed E-state index contributed by atoms with van der Waals surface area (Å²) in [4.78, 5) is 21.9. The Bertz CT molecular complexity index is 1200. The fraction of sp³-hybridized carbons (Fsp3) is 0.409. The molecule has 2 amide bonds. The van der Waals surface area contributed by atoms with Crippen molar-refractivity contribution in [3.63, 3.8) is 0 Å². The Morgan fingerprint density at radius 1 is 1.26 bits per heavy atom. The van der Waals surface area contributed by atoms with Gasteiger partial charge >= 0.3 is 12.2 Å². The highest BCUT2D eigenvalue weighted by molar-refractivity contribution is 6.00. The van der Waals surface area contributed by atoms with Gasteiger partial charge in [-0.1, -0.05) is 6.92 Å². The van der Waals surface area contributed by atoms with Crippen LogP contribution in [-0.4, -0.2) is 49.4 Å². The summed E-state index contributed by atoms with van der Waals surface area (Å²) in [6.07, 6.45) is -1.69. The lowest BCUT2D eigenvalue weighted by molar-refractivity contribution is -0.137. The molecule has 0 unspecified atom stereocenters. The number of ether oxygens (including phenoxy) is 1. The zero-order valence-corrected chi connectivity index (χ0v) is 18.7. The Morgan fingerprint density at radius 3 is 2.51 bits per heavy atom. The molecule has 2 aliphatic rings. The first-order chi connectivity index (χ1) is 16.3. The molecule has 2 bridgehead atoms. The van der Waals surface area contributed by atoms with Gasteiger partial charge < -0.3 is 20.1 Å². The number of hydrogen-bond acceptors (Lipinski definition) is 7. The number of amides is 2. The summed E-state index contributed by atoms with van der Waals surface area (Å²) < 4.78 is 60.7. The first-order valence-corrected chi connectivity index (χ1v) is 10.7. The predicted molar refractivity (Wildman–Crippen MR) is 117 cm³/mol. The number of aromatic nitrogens is 2. The molecule has 186 valence electrons. The minimum absolute atomic E-state index is 0.161. The van der Waals surface area contributed by atoms with Crippen molar-refractivity contribution in [3.8, 4) is 17.1 Å². The number of alkyl halides is 3. The van der Waals surface area contributed by atoms with Gasteiger partial charge in [0, 0.05) is 24.9 Å². The molecule has 4 rings (SSSR count). The fourth-order valence-electron chi connectivity index (χ4n) is 4.94. The highest BCUT2D eigenvalue weighted by Gasteiger charge is 2.62. The lowest BCUT2D eigenvalue weighted by Crippen LogP contribution is -2.75. The number of rotatable bonds is 3. The van der Waals surface area contributed by atoms with Crippen LogP contribution in [0.5, 0.6) is 5.75 Å². The van der Waals surface area contributed by atoms with E-state index in [4.69, 9.17) is 15.6 Å². The van der Waals surface area contributed by atoms with Crippen LogP contribution in [0, 0.1) is 22.6 Å². The predicted octanol–water partition coefficient (Wildman–Crippen LogP) is 4.77. The van der Waals surface area contributed by atoms with Gasteiger partial charge in [-0.15, -0.1) is 0 Å². The van der Waals surface area contributed by atoms with Crippen molar-refractivity contribution in [1.82, 2.24) is 14.9 Å². The molecule has 2 fully saturated rings. The van der Waals surface area contributed by atoms with Crippen LogP contribution in [0.4, 0.5) is 28.0 Å². The maximum absolute atomic E-state index is 14.8. The van der Waals surface area contributed by atoms with Gasteiger partial charge in [-0.05, 0) is 30.9 Å². The number of urea groups is 1. The molecule has 1 aliphatic carbocycles. The molecule has 1 saturated carbocycles. The maximum atomic E-state index is 14.8. The second-order valence-electron chi connectivity index (χ2n) is 8.86. The number of aromatic hydroxyl groups is 1. The van der Waals surface area contributed by atoms with E-state index in [-0.39, 0.29) is 35.6 Å². The first-order valence-electron chi connectivity index (χ1n) is 10.7. The lowest BCUT2D eigenvalue weighted by atomic mass is 9.64. The van der Waals surface area contributed by atoms with Crippen LogP contribution in [0.2, 0.25) is 0 Å². The van der Waals surface area contributed by atoms with Gasteiger partial charge in [0.05, 0.1) is 23.6 Å². The average molecular weight is 494 g/mol. The second-order valence-corrected chi connectivity index (χ2v) is 8.86. The molecule has 35 heavy (non-hydrogen) atoms. The summed E-state index contributed by atoms with van der Waals surface area (Å²) in [7, 11) is 0. The zero-order valence-electron chi connectivity index (χ0n) is 18.7. The van der Waals surface area contributed by atoms with E-state index >= 15 is 0 Å². The number of likely N-dealkylation sites (tertiary alicyclic amines) is 1. The summed E-state index contributed by atoms with van der Waals surface area (Å²) in [6.45, 7) is 3.31. The van der Waals surface area contributed by atoms with E-state index in [0.717, 1.165) is 18.5 Å². The van der Waals surface area contributed by atoms with Crippen LogP contribution in [0.1, 0.15) is 38.7 Å².